The normalized spacial score (nSPS) is 15.5. The number of alkyl carbamates (subject to hydrolysis) is 1. The molecule has 0 aliphatic carbocycles. The molecule has 0 saturated carbocycles. The zero-order chi connectivity index (χ0) is 18.4. The van der Waals surface area contributed by atoms with E-state index in [1.807, 2.05) is 13.8 Å². The van der Waals surface area contributed by atoms with Gasteiger partial charge in [0, 0.05) is 0 Å². The molecule has 0 fully saturated rings. The highest BCUT2D eigenvalue weighted by atomic mass is 16.6. The van der Waals surface area contributed by atoms with Crippen LogP contribution in [-0.4, -0.2) is 40.8 Å². The van der Waals surface area contributed by atoms with E-state index in [1.165, 1.54) is 0 Å². The number of nitrogens with one attached hydrogen (secondary N) is 2. The summed E-state index contributed by atoms with van der Waals surface area (Å²) < 4.78 is 5.17. The molecular weight excluding hydrogens is 300 g/mol. The highest BCUT2D eigenvalue weighted by Crippen LogP contribution is 2.12. The first-order valence-corrected chi connectivity index (χ1v) is 7.91. The van der Waals surface area contributed by atoms with Crippen LogP contribution in [0.25, 0.3) is 0 Å². The van der Waals surface area contributed by atoms with Crippen molar-refractivity contribution in [2.24, 2.45) is 11.8 Å². The molecule has 0 radical (unpaired) electrons. The molecule has 3 N–H and O–H groups in total. The molecule has 0 aliphatic rings. The van der Waals surface area contributed by atoms with Crippen LogP contribution >= 0.6 is 0 Å². The van der Waals surface area contributed by atoms with E-state index in [1.54, 1.807) is 34.6 Å². The fourth-order valence-corrected chi connectivity index (χ4v) is 1.89. The number of rotatable bonds is 7. The fourth-order valence-electron chi connectivity index (χ4n) is 1.89. The summed E-state index contributed by atoms with van der Waals surface area (Å²) in [7, 11) is 0. The number of carboxylic acids is 1. The fraction of sp³-hybridized carbons (Fsp3) is 0.812. The van der Waals surface area contributed by atoms with Crippen molar-refractivity contribution in [1.29, 1.82) is 0 Å². The molecule has 0 aromatic heterocycles. The SMILES string of the molecule is CC[C@H](C)[C@H](NC(=O)OC(C)(C)C)C(=O)N[C@@H](C(=O)O)C(C)C. The Morgan fingerprint density at radius 3 is 1.91 bits per heavy atom. The lowest BCUT2D eigenvalue weighted by Gasteiger charge is -2.28. The summed E-state index contributed by atoms with van der Waals surface area (Å²) in [6.45, 7) is 12.3. The molecule has 0 aliphatic heterocycles. The van der Waals surface area contributed by atoms with Crippen LogP contribution in [0, 0.1) is 11.8 Å². The third-order valence-corrected chi connectivity index (χ3v) is 3.40. The van der Waals surface area contributed by atoms with E-state index in [-0.39, 0.29) is 11.8 Å². The van der Waals surface area contributed by atoms with Gasteiger partial charge in [-0.2, -0.15) is 0 Å². The molecule has 7 nitrogen and oxygen atoms in total. The number of amides is 2. The van der Waals surface area contributed by atoms with Gasteiger partial charge in [-0.05, 0) is 32.6 Å². The van der Waals surface area contributed by atoms with Crippen LogP contribution < -0.4 is 10.6 Å². The first-order chi connectivity index (χ1) is 10.4. The van der Waals surface area contributed by atoms with Gasteiger partial charge in [-0.15, -0.1) is 0 Å². The zero-order valence-electron chi connectivity index (χ0n) is 15.1. The first kappa shape index (κ1) is 21.2. The van der Waals surface area contributed by atoms with Crippen molar-refractivity contribution in [1.82, 2.24) is 10.6 Å². The van der Waals surface area contributed by atoms with Crippen molar-refractivity contribution in [2.45, 2.75) is 72.6 Å². The number of carboxylic acid groups (broad SMARTS) is 1. The minimum absolute atomic E-state index is 0.163. The molecule has 3 atom stereocenters. The molecule has 0 bridgehead atoms. The van der Waals surface area contributed by atoms with E-state index in [0.29, 0.717) is 6.42 Å². The van der Waals surface area contributed by atoms with Gasteiger partial charge in [0.15, 0.2) is 0 Å². The molecule has 0 heterocycles. The second-order valence-electron chi connectivity index (χ2n) is 7.08. The number of carbonyl (C=O) groups is 3. The lowest BCUT2D eigenvalue weighted by Crippen LogP contribution is -2.55. The predicted octanol–water partition coefficient (Wildman–Crippen LogP) is 2.15. The van der Waals surface area contributed by atoms with Crippen LogP contribution in [-0.2, 0) is 14.3 Å². The van der Waals surface area contributed by atoms with Crippen molar-refractivity contribution >= 4 is 18.0 Å². The van der Waals surface area contributed by atoms with Crippen molar-refractivity contribution in [3.05, 3.63) is 0 Å². The molecule has 134 valence electrons. The number of hydrogen-bond donors (Lipinski definition) is 3. The van der Waals surface area contributed by atoms with Gasteiger partial charge in [0.1, 0.15) is 17.7 Å². The average Bonchev–Trinajstić information content (AvgIpc) is 2.38. The van der Waals surface area contributed by atoms with E-state index in [0.717, 1.165) is 0 Å². The van der Waals surface area contributed by atoms with Crippen LogP contribution in [0.3, 0.4) is 0 Å². The predicted molar refractivity (Wildman–Crippen MR) is 87.0 cm³/mol. The van der Waals surface area contributed by atoms with E-state index in [4.69, 9.17) is 4.74 Å². The number of ether oxygens (including phenoxy) is 1. The van der Waals surface area contributed by atoms with Gasteiger partial charge in [0.2, 0.25) is 5.91 Å². The first-order valence-electron chi connectivity index (χ1n) is 7.91. The van der Waals surface area contributed by atoms with E-state index >= 15 is 0 Å². The monoisotopic (exact) mass is 330 g/mol. The maximum absolute atomic E-state index is 12.4. The molecule has 23 heavy (non-hydrogen) atoms. The van der Waals surface area contributed by atoms with Gasteiger partial charge in [-0.3, -0.25) is 4.79 Å². The third kappa shape index (κ3) is 7.85. The second kappa shape index (κ2) is 8.74. The highest BCUT2D eigenvalue weighted by molar-refractivity contribution is 5.89. The van der Waals surface area contributed by atoms with Gasteiger partial charge >= 0.3 is 12.1 Å². The maximum Gasteiger partial charge on any atom is 0.408 e. The van der Waals surface area contributed by atoms with Crippen LogP contribution in [0.5, 0.6) is 0 Å². The molecule has 7 heteroatoms. The topological polar surface area (TPSA) is 105 Å². The minimum Gasteiger partial charge on any atom is -0.480 e. The van der Waals surface area contributed by atoms with E-state index < -0.39 is 35.7 Å². The standard InChI is InChI=1S/C16H30N2O5/c1-8-10(4)12(18-15(22)23-16(5,6)7)13(19)17-11(9(2)3)14(20)21/h9-12H,8H2,1-7H3,(H,17,19)(H,18,22)(H,20,21)/t10-,11+,12-/m0/s1. The molecule has 0 saturated heterocycles. The molecule has 0 aromatic rings. The van der Waals surface area contributed by atoms with Crippen molar-refractivity contribution < 1.29 is 24.2 Å². The number of carbonyl (C=O) groups excluding carboxylic acids is 2. The summed E-state index contributed by atoms with van der Waals surface area (Å²) >= 11 is 0. The van der Waals surface area contributed by atoms with Gasteiger partial charge in [-0.25, -0.2) is 9.59 Å². The van der Waals surface area contributed by atoms with Crippen LogP contribution in [0.4, 0.5) is 4.79 Å². The summed E-state index contributed by atoms with van der Waals surface area (Å²) in [5, 5.41) is 14.2. The lowest BCUT2D eigenvalue weighted by atomic mass is 9.97. The van der Waals surface area contributed by atoms with Gasteiger partial charge in [0.25, 0.3) is 0 Å². The Hall–Kier alpha value is -1.79. The summed E-state index contributed by atoms with van der Waals surface area (Å²) in [6.07, 6.45) is -0.0535. The summed E-state index contributed by atoms with van der Waals surface area (Å²) in [5.74, 6) is -2.06. The molecule has 2 amide bonds. The van der Waals surface area contributed by atoms with Crippen LogP contribution in [0.15, 0.2) is 0 Å². The Bertz CT molecular complexity index is 429. The van der Waals surface area contributed by atoms with Gasteiger partial charge in [-0.1, -0.05) is 34.1 Å². The Labute approximate surface area is 138 Å². The summed E-state index contributed by atoms with van der Waals surface area (Å²) in [4.78, 5) is 35.6. The Balaban J connectivity index is 5.06. The van der Waals surface area contributed by atoms with Crippen LogP contribution in [0.2, 0.25) is 0 Å². The largest absolute Gasteiger partial charge is 0.480 e. The third-order valence-electron chi connectivity index (χ3n) is 3.40. The molecule has 0 spiro atoms. The molecular formula is C16H30N2O5. The zero-order valence-corrected chi connectivity index (χ0v) is 15.1. The quantitative estimate of drug-likeness (QED) is 0.663. The lowest BCUT2D eigenvalue weighted by molar-refractivity contribution is -0.143. The Kier molecular flexibility index (Phi) is 8.06. The number of aliphatic carboxylic acids is 1. The summed E-state index contributed by atoms with van der Waals surface area (Å²) in [5.41, 5.74) is -0.678. The van der Waals surface area contributed by atoms with Gasteiger partial charge in [0.05, 0.1) is 0 Å². The minimum atomic E-state index is -1.10. The van der Waals surface area contributed by atoms with Crippen molar-refractivity contribution in [3.8, 4) is 0 Å². The molecule has 0 rings (SSSR count). The van der Waals surface area contributed by atoms with Crippen molar-refractivity contribution in [3.63, 3.8) is 0 Å². The van der Waals surface area contributed by atoms with Crippen LogP contribution in [0.1, 0.15) is 54.9 Å². The smallest absolute Gasteiger partial charge is 0.408 e. The van der Waals surface area contributed by atoms with Crippen molar-refractivity contribution in [2.75, 3.05) is 0 Å². The second-order valence-corrected chi connectivity index (χ2v) is 7.08. The Morgan fingerprint density at radius 1 is 1.04 bits per heavy atom. The number of hydrogen-bond acceptors (Lipinski definition) is 4. The Morgan fingerprint density at radius 2 is 1.57 bits per heavy atom. The summed E-state index contributed by atoms with van der Waals surface area (Å²) in [6, 6.07) is -1.86. The van der Waals surface area contributed by atoms with Gasteiger partial charge < -0.3 is 20.5 Å². The van der Waals surface area contributed by atoms with E-state index in [9.17, 15) is 19.5 Å². The molecule has 0 unspecified atom stereocenters. The van der Waals surface area contributed by atoms with E-state index in [2.05, 4.69) is 10.6 Å². The maximum atomic E-state index is 12.4. The highest BCUT2D eigenvalue weighted by Gasteiger charge is 2.32. The average molecular weight is 330 g/mol. The molecule has 0 aromatic carbocycles.